The van der Waals surface area contributed by atoms with Crippen molar-refractivity contribution in [3.05, 3.63) is 71.1 Å². The van der Waals surface area contributed by atoms with Gasteiger partial charge in [0.1, 0.15) is 11.6 Å². The van der Waals surface area contributed by atoms with Crippen LogP contribution in [0.4, 0.5) is 27.5 Å². The van der Waals surface area contributed by atoms with Gasteiger partial charge >= 0.3 is 0 Å². The van der Waals surface area contributed by atoms with Gasteiger partial charge in [0.15, 0.2) is 0 Å². The molecular formula is C17H14ClFN4. The summed E-state index contributed by atoms with van der Waals surface area (Å²) in [6.45, 7) is 1.88. The SMILES string of the molecule is Cc1cc(Nc2cccc(Cl)c2)nc(Nc2ccc(F)cc2)n1. The van der Waals surface area contributed by atoms with Crippen LogP contribution in [-0.2, 0) is 0 Å². The molecule has 0 atom stereocenters. The fraction of sp³-hybridized carbons (Fsp3) is 0.0588. The van der Waals surface area contributed by atoms with Gasteiger partial charge in [-0.05, 0) is 49.4 Å². The molecule has 4 nitrogen and oxygen atoms in total. The van der Waals surface area contributed by atoms with Gasteiger partial charge in [-0.25, -0.2) is 9.37 Å². The van der Waals surface area contributed by atoms with Crippen LogP contribution >= 0.6 is 11.6 Å². The second kappa shape index (κ2) is 6.62. The van der Waals surface area contributed by atoms with Crippen LogP contribution in [0.1, 0.15) is 5.69 Å². The fourth-order valence-electron chi connectivity index (χ4n) is 2.06. The number of hydrogen-bond donors (Lipinski definition) is 2. The highest BCUT2D eigenvalue weighted by Gasteiger charge is 2.04. The third kappa shape index (κ3) is 4.17. The molecule has 0 spiro atoms. The van der Waals surface area contributed by atoms with Gasteiger partial charge < -0.3 is 10.6 Å². The number of aryl methyl sites for hydroxylation is 1. The molecule has 2 aromatic carbocycles. The van der Waals surface area contributed by atoms with E-state index in [1.54, 1.807) is 18.2 Å². The van der Waals surface area contributed by atoms with E-state index in [4.69, 9.17) is 11.6 Å². The Morgan fingerprint density at radius 2 is 1.70 bits per heavy atom. The molecule has 0 bridgehead atoms. The van der Waals surface area contributed by atoms with Gasteiger partial charge in [-0.2, -0.15) is 4.98 Å². The summed E-state index contributed by atoms with van der Waals surface area (Å²) in [6, 6.07) is 15.2. The molecule has 23 heavy (non-hydrogen) atoms. The van der Waals surface area contributed by atoms with Crippen molar-refractivity contribution in [3.63, 3.8) is 0 Å². The molecule has 116 valence electrons. The van der Waals surface area contributed by atoms with Gasteiger partial charge in [-0.3, -0.25) is 0 Å². The summed E-state index contributed by atoms with van der Waals surface area (Å²) >= 11 is 5.98. The van der Waals surface area contributed by atoms with E-state index in [0.717, 1.165) is 11.4 Å². The topological polar surface area (TPSA) is 49.8 Å². The third-order valence-corrected chi connectivity index (χ3v) is 3.29. The first-order valence-corrected chi connectivity index (χ1v) is 7.37. The molecule has 1 aromatic heterocycles. The van der Waals surface area contributed by atoms with Crippen LogP contribution < -0.4 is 10.6 Å². The van der Waals surface area contributed by atoms with Crippen molar-refractivity contribution < 1.29 is 4.39 Å². The van der Waals surface area contributed by atoms with Gasteiger partial charge in [0, 0.05) is 28.2 Å². The number of nitrogens with zero attached hydrogens (tertiary/aromatic N) is 2. The highest BCUT2D eigenvalue weighted by atomic mass is 35.5. The minimum atomic E-state index is -0.288. The van der Waals surface area contributed by atoms with Crippen molar-refractivity contribution in [2.45, 2.75) is 6.92 Å². The molecule has 0 radical (unpaired) electrons. The molecule has 1 heterocycles. The Morgan fingerprint density at radius 1 is 0.913 bits per heavy atom. The van der Waals surface area contributed by atoms with E-state index in [1.807, 2.05) is 31.2 Å². The van der Waals surface area contributed by atoms with Crippen molar-refractivity contribution in [3.8, 4) is 0 Å². The second-order valence-corrected chi connectivity index (χ2v) is 5.42. The Bertz CT molecular complexity index is 821. The molecule has 3 aromatic rings. The smallest absolute Gasteiger partial charge is 0.229 e. The lowest BCUT2D eigenvalue weighted by atomic mass is 10.3. The molecule has 3 rings (SSSR count). The molecule has 0 unspecified atom stereocenters. The van der Waals surface area contributed by atoms with E-state index in [1.165, 1.54) is 12.1 Å². The van der Waals surface area contributed by atoms with E-state index in [0.29, 0.717) is 22.5 Å². The Hall–Kier alpha value is -2.66. The minimum absolute atomic E-state index is 0.288. The highest BCUT2D eigenvalue weighted by Crippen LogP contribution is 2.21. The Balaban J connectivity index is 1.82. The maximum Gasteiger partial charge on any atom is 0.229 e. The van der Waals surface area contributed by atoms with Crippen LogP contribution in [-0.4, -0.2) is 9.97 Å². The average molecular weight is 329 g/mol. The zero-order valence-electron chi connectivity index (χ0n) is 12.3. The lowest BCUT2D eigenvalue weighted by Crippen LogP contribution is -2.02. The average Bonchev–Trinajstić information content (AvgIpc) is 2.49. The summed E-state index contributed by atoms with van der Waals surface area (Å²) in [5, 5.41) is 6.88. The molecular weight excluding hydrogens is 315 g/mol. The summed E-state index contributed by atoms with van der Waals surface area (Å²) in [4.78, 5) is 8.73. The normalized spacial score (nSPS) is 10.4. The van der Waals surface area contributed by atoms with Crippen LogP contribution in [0.25, 0.3) is 0 Å². The van der Waals surface area contributed by atoms with E-state index >= 15 is 0 Å². The first-order valence-electron chi connectivity index (χ1n) is 6.99. The minimum Gasteiger partial charge on any atom is -0.340 e. The lowest BCUT2D eigenvalue weighted by Gasteiger charge is -2.10. The second-order valence-electron chi connectivity index (χ2n) is 4.99. The number of aromatic nitrogens is 2. The number of benzene rings is 2. The molecule has 0 amide bonds. The summed E-state index contributed by atoms with van der Waals surface area (Å²) < 4.78 is 12.9. The zero-order valence-corrected chi connectivity index (χ0v) is 13.1. The number of anilines is 4. The van der Waals surface area contributed by atoms with Crippen LogP contribution in [0.3, 0.4) is 0 Å². The first kappa shape index (κ1) is 15.2. The molecule has 0 aliphatic heterocycles. The monoisotopic (exact) mass is 328 g/mol. The van der Waals surface area contributed by atoms with Crippen LogP contribution in [0.15, 0.2) is 54.6 Å². The molecule has 0 aliphatic carbocycles. The summed E-state index contributed by atoms with van der Waals surface area (Å²) in [5.41, 5.74) is 2.35. The van der Waals surface area contributed by atoms with Gasteiger partial charge in [0.2, 0.25) is 5.95 Å². The molecule has 0 saturated carbocycles. The maximum atomic E-state index is 12.9. The van der Waals surface area contributed by atoms with Crippen LogP contribution in [0, 0.1) is 12.7 Å². The van der Waals surface area contributed by atoms with E-state index in [9.17, 15) is 4.39 Å². The fourth-order valence-corrected chi connectivity index (χ4v) is 2.26. The van der Waals surface area contributed by atoms with Crippen molar-refractivity contribution in [2.75, 3.05) is 10.6 Å². The molecule has 6 heteroatoms. The van der Waals surface area contributed by atoms with Gasteiger partial charge in [0.25, 0.3) is 0 Å². The molecule has 0 fully saturated rings. The Morgan fingerprint density at radius 3 is 2.43 bits per heavy atom. The summed E-state index contributed by atoms with van der Waals surface area (Å²) in [7, 11) is 0. The van der Waals surface area contributed by atoms with Crippen molar-refractivity contribution in [2.24, 2.45) is 0 Å². The van der Waals surface area contributed by atoms with Gasteiger partial charge in [-0.1, -0.05) is 17.7 Å². The summed E-state index contributed by atoms with van der Waals surface area (Å²) in [6.07, 6.45) is 0. The number of hydrogen-bond acceptors (Lipinski definition) is 4. The van der Waals surface area contributed by atoms with Gasteiger partial charge in [-0.15, -0.1) is 0 Å². The van der Waals surface area contributed by atoms with Gasteiger partial charge in [0.05, 0.1) is 0 Å². The molecule has 2 N–H and O–H groups in total. The van der Waals surface area contributed by atoms with E-state index in [2.05, 4.69) is 20.6 Å². The molecule has 0 saturated heterocycles. The zero-order chi connectivity index (χ0) is 16.2. The predicted molar refractivity (Wildman–Crippen MR) is 91.2 cm³/mol. The first-order chi connectivity index (χ1) is 11.1. The lowest BCUT2D eigenvalue weighted by molar-refractivity contribution is 0.628. The van der Waals surface area contributed by atoms with Crippen LogP contribution in [0.2, 0.25) is 5.02 Å². The van der Waals surface area contributed by atoms with Crippen molar-refractivity contribution in [1.82, 2.24) is 9.97 Å². The van der Waals surface area contributed by atoms with Crippen LogP contribution in [0.5, 0.6) is 0 Å². The standard InChI is InChI=1S/C17H14ClFN4/c1-11-9-16(21-15-4-2-3-12(18)10-15)23-17(20-11)22-14-7-5-13(19)6-8-14/h2-10H,1H3,(H2,20,21,22,23). The quantitative estimate of drug-likeness (QED) is 0.702. The largest absolute Gasteiger partial charge is 0.340 e. The van der Waals surface area contributed by atoms with E-state index in [-0.39, 0.29) is 5.82 Å². The molecule has 0 aliphatic rings. The number of nitrogens with one attached hydrogen (secondary N) is 2. The predicted octanol–water partition coefficient (Wildman–Crippen LogP) is 5.06. The Kier molecular flexibility index (Phi) is 4.39. The van der Waals surface area contributed by atoms with Crippen molar-refractivity contribution in [1.29, 1.82) is 0 Å². The Labute approximate surface area is 138 Å². The highest BCUT2D eigenvalue weighted by molar-refractivity contribution is 6.30. The van der Waals surface area contributed by atoms with Crippen molar-refractivity contribution >= 4 is 34.7 Å². The summed E-state index contributed by atoms with van der Waals surface area (Å²) in [5.74, 6) is 0.787. The number of rotatable bonds is 4. The third-order valence-electron chi connectivity index (χ3n) is 3.05. The maximum absolute atomic E-state index is 12.9. The van der Waals surface area contributed by atoms with E-state index < -0.39 is 0 Å². The number of halogens is 2.